The van der Waals surface area contributed by atoms with Gasteiger partial charge in [-0.05, 0) is 68.5 Å². The Morgan fingerprint density at radius 1 is 1.25 bits per heavy atom. The SMILES string of the molecule is CCN1CCCC(C(=O)Nc2cc(-c3cccc(NCC4CCOCC4)c3)c(Cl)cn2)C1. The van der Waals surface area contributed by atoms with E-state index in [1.807, 2.05) is 18.2 Å². The van der Waals surface area contributed by atoms with Gasteiger partial charge < -0.3 is 20.3 Å². The molecule has 1 unspecified atom stereocenters. The Morgan fingerprint density at radius 3 is 2.91 bits per heavy atom. The molecule has 2 aromatic rings. The average molecular weight is 457 g/mol. The average Bonchev–Trinajstić information content (AvgIpc) is 2.84. The monoisotopic (exact) mass is 456 g/mol. The van der Waals surface area contributed by atoms with Crippen molar-refractivity contribution >= 4 is 29.0 Å². The lowest BCUT2D eigenvalue weighted by atomic mass is 9.97. The number of hydrogen-bond donors (Lipinski definition) is 2. The summed E-state index contributed by atoms with van der Waals surface area (Å²) in [6, 6.07) is 10.1. The van der Waals surface area contributed by atoms with Gasteiger partial charge in [-0.1, -0.05) is 30.7 Å². The molecule has 32 heavy (non-hydrogen) atoms. The lowest BCUT2D eigenvalue weighted by Gasteiger charge is -2.30. The number of amides is 1. The molecule has 3 heterocycles. The lowest BCUT2D eigenvalue weighted by molar-refractivity contribution is -0.121. The van der Waals surface area contributed by atoms with Gasteiger partial charge in [0.25, 0.3) is 0 Å². The maximum Gasteiger partial charge on any atom is 0.229 e. The zero-order valence-corrected chi connectivity index (χ0v) is 19.5. The first kappa shape index (κ1) is 23.0. The van der Waals surface area contributed by atoms with Crippen molar-refractivity contribution in [3.63, 3.8) is 0 Å². The molecule has 7 heteroatoms. The Bertz CT molecular complexity index is 917. The van der Waals surface area contributed by atoms with Crippen molar-refractivity contribution in [2.24, 2.45) is 11.8 Å². The Balaban J connectivity index is 1.43. The van der Waals surface area contributed by atoms with Crippen LogP contribution in [0.25, 0.3) is 11.1 Å². The van der Waals surface area contributed by atoms with E-state index in [1.165, 1.54) is 0 Å². The molecular weight excluding hydrogens is 424 g/mol. The molecule has 0 aliphatic carbocycles. The van der Waals surface area contributed by atoms with Crippen LogP contribution in [0.1, 0.15) is 32.6 Å². The van der Waals surface area contributed by atoms with Gasteiger partial charge in [-0.2, -0.15) is 0 Å². The molecule has 1 amide bonds. The molecule has 0 spiro atoms. The van der Waals surface area contributed by atoms with Crippen molar-refractivity contribution in [1.82, 2.24) is 9.88 Å². The minimum Gasteiger partial charge on any atom is -0.385 e. The van der Waals surface area contributed by atoms with Crippen molar-refractivity contribution in [2.45, 2.75) is 32.6 Å². The topological polar surface area (TPSA) is 66.5 Å². The first-order valence-corrected chi connectivity index (χ1v) is 12.1. The van der Waals surface area contributed by atoms with E-state index in [-0.39, 0.29) is 11.8 Å². The smallest absolute Gasteiger partial charge is 0.229 e. The van der Waals surface area contributed by atoms with Crippen LogP contribution in [0.15, 0.2) is 36.5 Å². The molecule has 2 aliphatic heterocycles. The van der Waals surface area contributed by atoms with Gasteiger partial charge in [-0.3, -0.25) is 4.79 Å². The summed E-state index contributed by atoms with van der Waals surface area (Å²) in [4.78, 5) is 19.5. The molecule has 0 bridgehead atoms. The zero-order valence-electron chi connectivity index (χ0n) is 18.8. The van der Waals surface area contributed by atoms with Crippen molar-refractivity contribution in [3.05, 3.63) is 41.6 Å². The number of nitrogens with one attached hydrogen (secondary N) is 2. The van der Waals surface area contributed by atoms with Gasteiger partial charge in [0.15, 0.2) is 0 Å². The lowest BCUT2D eigenvalue weighted by Crippen LogP contribution is -2.40. The van der Waals surface area contributed by atoms with Gasteiger partial charge in [0.1, 0.15) is 5.82 Å². The van der Waals surface area contributed by atoms with Crippen molar-refractivity contribution < 1.29 is 9.53 Å². The normalized spacial score (nSPS) is 20.1. The fourth-order valence-electron chi connectivity index (χ4n) is 4.52. The largest absolute Gasteiger partial charge is 0.385 e. The second kappa shape index (κ2) is 11.1. The van der Waals surface area contributed by atoms with E-state index in [0.717, 1.165) is 81.9 Å². The molecule has 2 fully saturated rings. The first-order valence-electron chi connectivity index (χ1n) is 11.7. The highest BCUT2D eigenvalue weighted by Crippen LogP contribution is 2.31. The van der Waals surface area contributed by atoms with E-state index in [9.17, 15) is 4.79 Å². The van der Waals surface area contributed by atoms with Crippen LogP contribution in [0.5, 0.6) is 0 Å². The predicted molar refractivity (Wildman–Crippen MR) is 130 cm³/mol. The molecular formula is C25H33ClN4O2. The highest BCUT2D eigenvalue weighted by Gasteiger charge is 2.25. The van der Waals surface area contributed by atoms with Gasteiger partial charge in [-0.25, -0.2) is 4.98 Å². The van der Waals surface area contributed by atoms with Crippen LogP contribution in [0, 0.1) is 11.8 Å². The van der Waals surface area contributed by atoms with Gasteiger partial charge in [0, 0.05) is 43.8 Å². The van der Waals surface area contributed by atoms with Crippen LogP contribution in [-0.4, -0.2) is 55.2 Å². The van der Waals surface area contributed by atoms with E-state index >= 15 is 0 Å². The number of carbonyl (C=O) groups is 1. The summed E-state index contributed by atoms with van der Waals surface area (Å²) >= 11 is 6.49. The Morgan fingerprint density at radius 2 is 2.09 bits per heavy atom. The molecule has 4 rings (SSSR count). The van der Waals surface area contributed by atoms with Gasteiger partial charge in [0.05, 0.1) is 10.9 Å². The van der Waals surface area contributed by atoms with Crippen molar-refractivity contribution in [3.8, 4) is 11.1 Å². The van der Waals surface area contributed by atoms with Gasteiger partial charge >= 0.3 is 0 Å². The fourth-order valence-corrected chi connectivity index (χ4v) is 4.74. The number of halogens is 1. The Kier molecular flexibility index (Phi) is 8.00. The third-order valence-corrected chi connectivity index (χ3v) is 6.84. The standard InChI is InChI=1S/C25H33ClN4O2/c1-2-30-10-4-6-20(17-30)25(31)29-24-14-22(23(26)16-28-24)19-5-3-7-21(13-19)27-15-18-8-11-32-12-9-18/h3,5,7,13-14,16,18,20,27H,2,4,6,8-12,15,17H2,1H3,(H,28,29,31). The minimum atomic E-state index is 0.00217. The van der Waals surface area contributed by atoms with E-state index in [4.69, 9.17) is 16.3 Å². The summed E-state index contributed by atoms with van der Waals surface area (Å²) in [5.41, 5.74) is 2.93. The number of benzene rings is 1. The zero-order chi connectivity index (χ0) is 22.3. The van der Waals surface area contributed by atoms with Crippen LogP contribution < -0.4 is 10.6 Å². The molecule has 1 aromatic carbocycles. The molecule has 6 nitrogen and oxygen atoms in total. The van der Waals surface area contributed by atoms with Crippen LogP contribution in [0.3, 0.4) is 0 Å². The number of ether oxygens (including phenoxy) is 1. The second-order valence-corrected chi connectivity index (χ2v) is 9.20. The van der Waals surface area contributed by atoms with E-state index in [0.29, 0.717) is 16.8 Å². The quantitative estimate of drug-likeness (QED) is 0.619. The van der Waals surface area contributed by atoms with Gasteiger partial charge in [0.2, 0.25) is 5.91 Å². The van der Waals surface area contributed by atoms with Crippen LogP contribution in [0.2, 0.25) is 5.02 Å². The number of rotatable bonds is 7. The number of likely N-dealkylation sites (tertiary alicyclic amines) is 1. The molecule has 172 valence electrons. The highest BCUT2D eigenvalue weighted by atomic mass is 35.5. The summed E-state index contributed by atoms with van der Waals surface area (Å²) in [6.45, 7) is 7.64. The number of pyridine rings is 1. The highest BCUT2D eigenvalue weighted by molar-refractivity contribution is 6.33. The summed E-state index contributed by atoms with van der Waals surface area (Å²) in [7, 11) is 0. The second-order valence-electron chi connectivity index (χ2n) is 8.79. The number of hydrogen-bond acceptors (Lipinski definition) is 5. The first-order chi connectivity index (χ1) is 15.6. The molecule has 0 saturated carbocycles. The summed E-state index contributed by atoms with van der Waals surface area (Å²) in [6.07, 6.45) is 5.79. The summed E-state index contributed by atoms with van der Waals surface area (Å²) in [5.74, 6) is 1.23. The number of aromatic nitrogens is 1. The van der Waals surface area contributed by atoms with E-state index in [2.05, 4.69) is 39.6 Å². The van der Waals surface area contributed by atoms with Crippen LogP contribution in [-0.2, 0) is 9.53 Å². The Labute approximate surface area is 195 Å². The number of nitrogens with zero attached hydrogens (tertiary/aromatic N) is 2. The summed E-state index contributed by atoms with van der Waals surface area (Å²) < 4.78 is 5.45. The van der Waals surface area contributed by atoms with Crippen molar-refractivity contribution in [1.29, 1.82) is 0 Å². The molecule has 2 saturated heterocycles. The summed E-state index contributed by atoms with van der Waals surface area (Å²) in [5, 5.41) is 7.14. The molecule has 0 radical (unpaired) electrons. The molecule has 2 aliphatic rings. The maximum absolute atomic E-state index is 12.8. The molecule has 1 atom stereocenters. The molecule has 1 aromatic heterocycles. The number of anilines is 2. The van der Waals surface area contributed by atoms with Gasteiger partial charge in [-0.15, -0.1) is 0 Å². The minimum absolute atomic E-state index is 0.00217. The van der Waals surface area contributed by atoms with E-state index in [1.54, 1.807) is 6.20 Å². The maximum atomic E-state index is 12.8. The third-order valence-electron chi connectivity index (χ3n) is 6.54. The third kappa shape index (κ3) is 6.00. The van der Waals surface area contributed by atoms with Crippen LogP contribution >= 0.6 is 11.6 Å². The fraction of sp³-hybridized carbons (Fsp3) is 0.520. The van der Waals surface area contributed by atoms with E-state index < -0.39 is 0 Å². The number of piperidine rings is 1. The Hall–Kier alpha value is -2.15. The predicted octanol–water partition coefficient (Wildman–Crippen LogP) is 4.91. The van der Waals surface area contributed by atoms with Crippen LogP contribution in [0.4, 0.5) is 11.5 Å². The number of carbonyl (C=O) groups excluding carboxylic acids is 1. The van der Waals surface area contributed by atoms with Crippen molar-refractivity contribution in [2.75, 3.05) is 50.0 Å². The molecule has 2 N–H and O–H groups in total.